The van der Waals surface area contributed by atoms with Crippen LogP contribution >= 0.6 is 0 Å². The summed E-state index contributed by atoms with van der Waals surface area (Å²) in [6.45, 7) is 4.69. The van der Waals surface area contributed by atoms with Gasteiger partial charge in [-0.2, -0.15) is 0 Å². The van der Waals surface area contributed by atoms with Crippen molar-refractivity contribution >= 4 is 16.8 Å². The summed E-state index contributed by atoms with van der Waals surface area (Å²) < 4.78 is 16.8. The van der Waals surface area contributed by atoms with E-state index in [1.54, 1.807) is 27.4 Å². The SMILES string of the molecule is COc1cc(O)c(-c2c(C)cc(OC)c3c(OC)cccc23)c2c1CNC(C)=C2. The lowest BCUT2D eigenvalue weighted by molar-refractivity contribution is 0.401. The molecule has 5 nitrogen and oxygen atoms in total. The van der Waals surface area contributed by atoms with Gasteiger partial charge in [-0.05, 0) is 54.1 Å². The highest BCUT2D eigenvalue weighted by Gasteiger charge is 2.25. The highest BCUT2D eigenvalue weighted by molar-refractivity contribution is 6.07. The number of aryl methyl sites for hydroxylation is 1. The molecule has 1 aliphatic rings. The van der Waals surface area contributed by atoms with E-state index in [9.17, 15) is 5.11 Å². The minimum atomic E-state index is 0.184. The molecule has 0 spiro atoms. The molecule has 0 radical (unpaired) electrons. The smallest absolute Gasteiger partial charge is 0.130 e. The Morgan fingerprint density at radius 1 is 0.897 bits per heavy atom. The zero-order valence-corrected chi connectivity index (χ0v) is 17.3. The Balaban J connectivity index is 2.16. The van der Waals surface area contributed by atoms with Crippen molar-refractivity contribution in [2.24, 2.45) is 0 Å². The number of ether oxygens (including phenoxy) is 3. The predicted octanol–water partition coefficient (Wildman–Crippen LogP) is 5.01. The lowest BCUT2D eigenvalue weighted by Crippen LogP contribution is -2.17. The molecule has 0 saturated heterocycles. The molecule has 0 atom stereocenters. The van der Waals surface area contributed by atoms with Gasteiger partial charge in [0.15, 0.2) is 0 Å². The fourth-order valence-corrected chi connectivity index (χ4v) is 4.20. The normalized spacial score (nSPS) is 12.8. The van der Waals surface area contributed by atoms with Gasteiger partial charge in [-0.25, -0.2) is 0 Å². The number of phenols is 1. The van der Waals surface area contributed by atoms with Gasteiger partial charge in [0.05, 0.1) is 26.7 Å². The van der Waals surface area contributed by atoms with Gasteiger partial charge in [-0.3, -0.25) is 0 Å². The number of hydrogen-bond donors (Lipinski definition) is 2. The summed E-state index contributed by atoms with van der Waals surface area (Å²) in [5, 5.41) is 16.3. The van der Waals surface area contributed by atoms with Crippen molar-refractivity contribution in [2.45, 2.75) is 20.4 Å². The summed E-state index contributed by atoms with van der Waals surface area (Å²) in [5.74, 6) is 2.33. The Bertz CT molecular complexity index is 1150. The van der Waals surface area contributed by atoms with Crippen molar-refractivity contribution in [2.75, 3.05) is 21.3 Å². The van der Waals surface area contributed by atoms with Crippen LogP contribution in [0.2, 0.25) is 0 Å². The Morgan fingerprint density at radius 2 is 1.62 bits per heavy atom. The minimum Gasteiger partial charge on any atom is -0.507 e. The molecule has 150 valence electrons. The van der Waals surface area contributed by atoms with Gasteiger partial charge in [0.25, 0.3) is 0 Å². The van der Waals surface area contributed by atoms with Gasteiger partial charge in [0.1, 0.15) is 23.0 Å². The first-order valence-corrected chi connectivity index (χ1v) is 9.49. The molecule has 0 saturated carbocycles. The van der Waals surface area contributed by atoms with Gasteiger partial charge in [-0.15, -0.1) is 0 Å². The summed E-state index contributed by atoms with van der Waals surface area (Å²) in [5.41, 5.74) is 5.80. The van der Waals surface area contributed by atoms with E-state index in [0.29, 0.717) is 12.3 Å². The third kappa shape index (κ3) is 2.94. The average Bonchev–Trinajstić information content (AvgIpc) is 2.73. The van der Waals surface area contributed by atoms with Crippen LogP contribution in [0.1, 0.15) is 23.6 Å². The molecule has 2 N–H and O–H groups in total. The summed E-state index contributed by atoms with van der Waals surface area (Å²) >= 11 is 0. The third-order valence-electron chi connectivity index (χ3n) is 5.51. The topological polar surface area (TPSA) is 60.0 Å². The van der Waals surface area contributed by atoms with Crippen LogP contribution in [-0.4, -0.2) is 26.4 Å². The van der Waals surface area contributed by atoms with Gasteiger partial charge < -0.3 is 24.6 Å². The Kier molecular flexibility index (Phi) is 4.74. The van der Waals surface area contributed by atoms with Gasteiger partial charge in [0, 0.05) is 29.4 Å². The zero-order valence-electron chi connectivity index (χ0n) is 17.3. The number of allylic oxidation sites excluding steroid dienone is 1. The molecule has 0 fully saturated rings. The second-order valence-electron chi connectivity index (χ2n) is 7.20. The molecular weight excluding hydrogens is 366 g/mol. The molecule has 4 rings (SSSR count). The molecule has 3 aromatic carbocycles. The molecule has 3 aromatic rings. The number of fused-ring (bicyclic) bond motifs is 2. The molecule has 0 unspecified atom stereocenters. The van der Waals surface area contributed by atoms with E-state index in [2.05, 4.69) is 11.4 Å². The second kappa shape index (κ2) is 7.24. The predicted molar refractivity (Wildman–Crippen MR) is 116 cm³/mol. The molecule has 29 heavy (non-hydrogen) atoms. The lowest BCUT2D eigenvalue weighted by atomic mass is 9.86. The van der Waals surface area contributed by atoms with E-state index in [-0.39, 0.29) is 5.75 Å². The molecule has 1 heterocycles. The molecule has 0 bridgehead atoms. The number of phenolic OH excluding ortho intramolecular Hbond substituents is 1. The minimum absolute atomic E-state index is 0.184. The number of methoxy groups -OCH3 is 3. The van der Waals surface area contributed by atoms with Crippen molar-refractivity contribution in [1.29, 1.82) is 0 Å². The number of hydrogen-bond acceptors (Lipinski definition) is 5. The second-order valence-corrected chi connectivity index (χ2v) is 7.20. The molecule has 0 amide bonds. The van der Waals surface area contributed by atoms with Gasteiger partial charge >= 0.3 is 0 Å². The highest BCUT2D eigenvalue weighted by atomic mass is 16.5. The van der Waals surface area contributed by atoms with Crippen LogP contribution in [0.4, 0.5) is 0 Å². The molecule has 5 heteroatoms. The van der Waals surface area contributed by atoms with Crippen molar-refractivity contribution in [3.05, 3.63) is 52.7 Å². The van der Waals surface area contributed by atoms with Gasteiger partial charge in [0.2, 0.25) is 0 Å². The number of benzene rings is 3. The standard InChI is InChI=1S/C24H25NO4/c1-13-9-21(29-5)24-15(7-6-8-19(24)27-3)22(13)23-16-10-14(2)25-12-17(16)20(28-4)11-18(23)26/h6-11,25-26H,12H2,1-5H3. The number of nitrogens with one attached hydrogen (secondary N) is 1. The maximum absolute atomic E-state index is 11.1. The van der Waals surface area contributed by atoms with Crippen LogP contribution in [-0.2, 0) is 6.54 Å². The van der Waals surface area contributed by atoms with Crippen molar-refractivity contribution in [3.63, 3.8) is 0 Å². The van der Waals surface area contributed by atoms with Crippen LogP contribution in [0.15, 0.2) is 36.0 Å². The fraction of sp³-hybridized carbons (Fsp3) is 0.250. The lowest BCUT2D eigenvalue weighted by Gasteiger charge is -2.25. The Morgan fingerprint density at radius 3 is 2.31 bits per heavy atom. The van der Waals surface area contributed by atoms with Crippen molar-refractivity contribution < 1.29 is 19.3 Å². The van der Waals surface area contributed by atoms with E-state index in [1.165, 1.54) is 0 Å². The summed E-state index contributed by atoms with van der Waals surface area (Å²) in [4.78, 5) is 0. The van der Waals surface area contributed by atoms with Gasteiger partial charge in [-0.1, -0.05) is 12.1 Å². The quantitative estimate of drug-likeness (QED) is 0.655. The van der Waals surface area contributed by atoms with Crippen LogP contribution in [0.25, 0.3) is 28.0 Å². The summed E-state index contributed by atoms with van der Waals surface area (Å²) in [7, 11) is 4.93. The number of aromatic hydroxyl groups is 1. The van der Waals surface area contributed by atoms with Crippen LogP contribution in [0.3, 0.4) is 0 Å². The van der Waals surface area contributed by atoms with E-state index >= 15 is 0 Å². The average molecular weight is 391 g/mol. The summed E-state index contributed by atoms with van der Waals surface area (Å²) in [6.07, 6.45) is 2.06. The third-order valence-corrected chi connectivity index (χ3v) is 5.51. The monoisotopic (exact) mass is 391 g/mol. The van der Waals surface area contributed by atoms with Crippen molar-refractivity contribution in [1.82, 2.24) is 5.32 Å². The fourth-order valence-electron chi connectivity index (χ4n) is 4.20. The summed E-state index contributed by atoms with van der Waals surface area (Å²) in [6, 6.07) is 9.60. The Labute approximate surface area is 170 Å². The van der Waals surface area contributed by atoms with Crippen LogP contribution in [0, 0.1) is 6.92 Å². The van der Waals surface area contributed by atoms with E-state index in [0.717, 1.165) is 55.8 Å². The zero-order chi connectivity index (χ0) is 20.7. The Hall–Kier alpha value is -3.34. The molecule has 1 aliphatic heterocycles. The maximum atomic E-state index is 11.1. The first-order valence-electron chi connectivity index (χ1n) is 9.49. The first kappa shape index (κ1) is 19.0. The number of rotatable bonds is 4. The van der Waals surface area contributed by atoms with E-state index in [1.807, 2.05) is 38.1 Å². The van der Waals surface area contributed by atoms with E-state index in [4.69, 9.17) is 14.2 Å². The van der Waals surface area contributed by atoms with Crippen LogP contribution < -0.4 is 19.5 Å². The largest absolute Gasteiger partial charge is 0.507 e. The highest BCUT2D eigenvalue weighted by Crippen LogP contribution is 2.48. The van der Waals surface area contributed by atoms with E-state index < -0.39 is 0 Å². The molecule has 0 aromatic heterocycles. The molecule has 0 aliphatic carbocycles. The first-order chi connectivity index (χ1) is 14.0. The molecular formula is C24H25NO4. The van der Waals surface area contributed by atoms with Crippen LogP contribution in [0.5, 0.6) is 23.0 Å². The van der Waals surface area contributed by atoms with Crippen molar-refractivity contribution in [3.8, 4) is 34.1 Å². The maximum Gasteiger partial charge on any atom is 0.130 e.